The van der Waals surface area contributed by atoms with E-state index in [1.807, 2.05) is 3.92 Å². The Kier molecular flexibility index (Phi) is 9.21. The maximum absolute atomic E-state index is 11.6. The van der Waals surface area contributed by atoms with Gasteiger partial charge in [0.15, 0.2) is 0 Å². The third-order valence-corrected chi connectivity index (χ3v) is 3.62. The second kappa shape index (κ2) is 9.35. The van der Waals surface area contributed by atoms with Gasteiger partial charge in [-0.1, -0.05) is 0 Å². The molecule has 0 saturated carbocycles. The number of unbranched alkanes of at least 4 members (excludes halogenated alkanes) is 2. The van der Waals surface area contributed by atoms with Gasteiger partial charge in [-0.2, -0.15) is 0 Å². The molecule has 1 N–H and O–H groups in total. The first-order valence-corrected chi connectivity index (χ1v) is 7.83. The van der Waals surface area contributed by atoms with Gasteiger partial charge in [0.2, 0.25) is 0 Å². The number of urea groups is 1. The number of hydrogen-bond donors (Lipinski definition) is 1. The standard InChI is InChI=1S/C10H22N2OSe/c1-4-6-8-11-10(13)12(14-3)9-7-5-2/h4-9H2,1-3H3,(H,11,13). The summed E-state index contributed by atoms with van der Waals surface area (Å²) in [6.07, 6.45) is 4.46. The zero-order chi connectivity index (χ0) is 10.8. The molecule has 0 aliphatic rings. The summed E-state index contributed by atoms with van der Waals surface area (Å²) in [6, 6.07) is 0.120. The molecule has 0 rings (SSSR count). The molecule has 0 aliphatic carbocycles. The van der Waals surface area contributed by atoms with Crippen LogP contribution in [0.4, 0.5) is 4.79 Å². The summed E-state index contributed by atoms with van der Waals surface area (Å²) >= 11 is 0.283. The number of nitrogens with one attached hydrogen (secondary N) is 1. The molecule has 4 heteroatoms. The topological polar surface area (TPSA) is 32.3 Å². The fourth-order valence-corrected chi connectivity index (χ4v) is 2.17. The monoisotopic (exact) mass is 266 g/mol. The van der Waals surface area contributed by atoms with Crippen molar-refractivity contribution in [2.24, 2.45) is 0 Å². The summed E-state index contributed by atoms with van der Waals surface area (Å²) in [5.74, 6) is 2.09. The maximum atomic E-state index is 11.6. The summed E-state index contributed by atoms with van der Waals surface area (Å²) < 4.78 is 1.94. The predicted octanol–water partition coefficient (Wildman–Crippen LogP) is 2.27. The SMILES string of the molecule is CCCCNC(=O)N(CCCC)[Se]C. The van der Waals surface area contributed by atoms with Gasteiger partial charge >= 0.3 is 93.7 Å². The summed E-state index contributed by atoms with van der Waals surface area (Å²) in [7, 11) is 0. The Labute approximate surface area is 94.0 Å². The van der Waals surface area contributed by atoms with E-state index >= 15 is 0 Å². The number of amides is 2. The van der Waals surface area contributed by atoms with Crippen LogP contribution in [0.3, 0.4) is 0 Å². The summed E-state index contributed by atoms with van der Waals surface area (Å²) in [6.45, 7) is 6.00. The van der Waals surface area contributed by atoms with Crippen LogP contribution in [0.25, 0.3) is 0 Å². The van der Waals surface area contributed by atoms with Crippen LogP contribution in [-0.4, -0.2) is 38.2 Å². The van der Waals surface area contributed by atoms with Gasteiger partial charge in [-0.05, 0) is 0 Å². The van der Waals surface area contributed by atoms with E-state index in [0.29, 0.717) is 0 Å². The van der Waals surface area contributed by atoms with Crippen molar-refractivity contribution < 1.29 is 4.79 Å². The van der Waals surface area contributed by atoms with Gasteiger partial charge in [0.05, 0.1) is 0 Å². The van der Waals surface area contributed by atoms with Crippen molar-refractivity contribution in [2.45, 2.75) is 45.4 Å². The Hall–Kier alpha value is -0.211. The molecule has 14 heavy (non-hydrogen) atoms. The first kappa shape index (κ1) is 13.8. The van der Waals surface area contributed by atoms with E-state index in [0.717, 1.165) is 38.8 Å². The summed E-state index contributed by atoms with van der Waals surface area (Å²) in [4.78, 5) is 11.6. The average molecular weight is 265 g/mol. The molecule has 0 aromatic carbocycles. The van der Waals surface area contributed by atoms with Crippen LogP contribution in [-0.2, 0) is 0 Å². The third-order valence-electron chi connectivity index (χ3n) is 1.97. The fraction of sp³-hybridized carbons (Fsp3) is 0.900. The van der Waals surface area contributed by atoms with Crippen molar-refractivity contribution in [3.05, 3.63) is 0 Å². The Morgan fingerprint density at radius 1 is 1.29 bits per heavy atom. The minimum atomic E-state index is 0.120. The van der Waals surface area contributed by atoms with Gasteiger partial charge in [0.1, 0.15) is 0 Å². The fourth-order valence-electron chi connectivity index (χ4n) is 1.04. The molecule has 2 amide bonds. The molecule has 0 radical (unpaired) electrons. The van der Waals surface area contributed by atoms with E-state index < -0.39 is 0 Å². The molecular formula is C10H22N2OSe. The molecule has 0 heterocycles. The van der Waals surface area contributed by atoms with Crippen LogP contribution in [0.1, 0.15) is 39.5 Å². The molecule has 0 saturated heterocycles. The minimum absolute atomic E-state index is 0.120. The van der Waals surface area contributed by atoms with Crippen molar-refractivity contribution in [1.82, 2.24) is 9.23 Å². The molecule has 3 nitrogen and oxygen atoms in total. The van der Waals surface area contributed by atoms with Gasteiger partial charge in [-0.25, -0.2) is 0 Å². The summed E-state index contributed by atoms with van der Waals surface area (Å²) in [5, 5.41) is 2.95. The zero-order valence-corrected chi connectivity index (χ0v) is 11.2. The van der Waals surface area contributed by atoms with Gasteiger partial charge in [-0.15, -0.1) is 0 Å². The Morgan fingerprint density at radius 3 is 2.43 bits per heavy atom. The predicted molar refractivity (Wildman–Crippen MR) is 61.5 cm³/mol. The Morgan fingerprint density at radius 2 is 1.93 bits per heavy atom. The number of hydrogen-bond acceptors (Lipinski definition) is 1. The average Bonchev–Trinajstić information content (AvgIpc) is 2.19. The van der Waals surface area contributed by atoms with Crippen molar-refractivity contribution in [3.63, 3.8) is 0 Å². The van der Waals surface area contributed by atoms with Gasteiger partial charge in [0.25, 0.3) is 0 Å². The molecule has 0 aromatic rings. The molecule has 0 unspecified atom stereocenters. The van der Waals surface area contributed by atoms with E-state index in [9.17, 15) is 4.79 Å². The van der Waals surface area contributed by atoms with Crippen molar-refractivity contribution in [1.29, 1.82) is 0 Å². The Bertz CT molecular complexity index is 153. The molecule has 0 fully saturated rings. The number of nitrogens with zero attached hydrogens (tertiary/aromatic N) is 1. The molecule has 0 aliphatic heterocycles. The van der Waals surface area contributed by atoms with E-state index in [1.165, 1.54) is 0 Å². The second-order valence-electron chi connectivity index (χ2n) is 3.22. The van der Waals surface area contributed by atoms with Crippen molar-refractivity contribution in [2.75, 3.05) is 13.1 Å². The van der Waals surface area contributed by atoms with Gasteiger partial charge < -0.3 is 0 Å². The molecule has 0 spiro atoms. The molecule has 0 bridgehead atoms. The second-order valence-corrected chi connectivity index (χ2v) is 4.91. The van der Waals surface area contributed by atoms with Crippen molar-refractivity contribution in [3.8, 4) is 0 Å². The molecule has 0 atom stereocenters. The van der Waals surface area contributed by atoms with E-state index in [-0.39, 0.29) is 21.2 Å². The molecular weight excluding hydrogens is 243 g/mol. The van der Waals surface area contributed by atoms with E-state index in [1.54, 1.807) is 0 Å². The van der Waals surface area contributed by atoms with E-state index in [4.69, 9.17) is 0 Å². The van der Waals surface area contributed by atoms with Crippen LogP contribution in [0.5, 0.6) is 0 Å². The first-order valence-electron chi connectivity index (χ1n) is 5.35. The normalized spacial score (nSPS) is 9.93. The van der Waals surface area contributed by atoms with Crippen LogP contribution >= 0.6 is 0 Å². The molecule has 0 aromatic heterocycles. The quantitative estimate of drug-likeness (QED) is 0.556. The number of rotatable bonds is 7. The summed E-state index contributed by atoms with van der Waals surface area (Å²) in [5.41, 5.74) is 0. The van der Waals surface area contributed by atoms with E-state index in [2.05, 4.69) is 25.0 Å². The van der Waals surface area contributed by atoms with Crippen LogP contribution in [0.2, 0.25) is 5.82 Å². The number of carbonyl (C=O) groups excluding carboxylic acids is 1. The zero-order valence-electron chi connectivity index (χ0n) is 9.51. The van der Waals surface area contributed by atoms with Crippen LogP contribution < -0.4 is 5.32 Å². The molecule has 84 valence electrons. The van der Waals surface area contributed by atoms with Crippen molar-refractivity contribution >= 4 is 21.2 Å². The Balaban J connectivity index is 3.67. The first-order chi connectivity index (χ1) is 6.76. The van der Waals surface area contributed by atoms with Crippen LogP contribution in [0.15, 0.2) is 0 Å². The third kappa shape index (κ3) is 6.27. The number of carbonyl (C=O) groups is 1. The van der Waals surface area contributed by atoms with Gasteiger partial charge in [-0.3, -0.25) is 0 Å². The van der Waals surface area contributed by atoms with Crippen LogP contribution in [0, 0.1) is 0 Å². The van der Waals surface area contributed by atoms with Gasteiger partial charge in [0, 0.05) is 0 Å².